The van der Waals surface area contributed by atoms with E-state index in [0.717, 1.165) is 0 Å². The van der Waals surface area contributed by atoms with E-state index < -0.39 is 38.7 Å². The summed E-state index contributed by atoms with van der Waals surface area (Å²) in [6.45, 7) is 2.13. The van der Waals surface area contributed by atoms with Gasteiger partial charge in [-0.1, -0.05) is 0 Å². The van der Waals surface area contributed by atoms with Crippen molar-refractivity contribution in [2.24, 2.45) is 0 Å². The van der Waals surface area contributed by atoms with Crippen molar-refractivity contribution in [3.63, 3.8) is 0 Å². The fraction of sp³-hybridized carbons (Fsp3) is 0.889. The Labute approximate surface area is 121 Å². The van der Waals surface area contributed by atoms with Gasteiger partial charge >= 0.3 is 13.8 Å². The van der Waals surface area contributed by atoms with Crippen molar-refractivity contribution in [2.75, 3.05) is 18.4 Å². The van der Waals surface area contributed by atoms with E-state index in [1.165, 1.54) is 13.8 Å². The van der Waals surface area contributed by atoms with Crippen LogP contribution in [0.2, 0.25) is 0 Å². The summed E-state index contributed by atoms with van der Waals surface area (Å²) in [5, 5.41) is 17.6. The van der Waals surface area contributed by atoms with Crippen LogP contribution in [0.5, 0.6) is 0 Å². The highest BCUT2D eigenvalue weighted by molar-refractivity contribution is 7.48. The van der Waals surface area contributed by atoms with Gasteiger partial charge in [-0.15, -0.1) is 23.2 Å². The molecule has 114 valence electrons. The number of rotatable bonds is 10. The number of alkyl halides is 2. The number of carboxylic acid groups (broad SMARTS) is 1. The number of hydrogen-bond acceptors (Lipinski definition) is 6. The van der Waals surface area contributed by atoms with Crippen molar-refractivity contribution in [3.05, 3.63) is 0 Å². The standard InChI is InChI=1S/C9H17Cl2O7P/c1-6(3-10)16-19(15,17-7(2)4-11)18-8(5-12)9(13)14/h6-8,12H,3-5H2,1-2H3,(H,13,14). The number of aliphatic hydroxyl groups excluding tert-OH is 1. The highest BCUT2D eigenvalue weighted by atomic mass is 35.5. The Morgan fingerprint density at radius 1 is 1.16 bits per heavy atom. The first kappa shape index (κ1) is 19.1. The van der Waals surface area contributed by atoms with Gasteiger partial charge in [0.1, 0.15) is 0 Å². The van der Waals surface area contributed by atoms with Crippen LogP contribution >= 0.6 is 31.0 Å². The van der Waals surface area contributed by atoms with E-state index in [9.17, 15) is 9.36 Å². The molecule has 0 aromatic carbocycles. The van der Waals surface area contributed by atoms with Crippen LogP contribution in [0.15, 0.2) is 0 Å². The Kier molecular flexibility index (Phi) is 9.19. The van der Waals surface area contributed by atoms with E-state index in [2.05, 4.69) is 0 Å². The van der Waals surface area contributed by atoms with Crippen LogP contribution in [0, 0.1) is 0 Å². The van der Waals surface area contributed by atoms with Crippen molar-refractivity contribution in [1.29, 1.82) is 0 Å². The predicted octanol–water partition coefficient (Wildman–Crippen LogP) is 1.84. The monoisotopic (exact) mass is 338 g/mol. The van der Waals surface area contributed by atoms with Crippen LogP contribution < -0.4 is 0 Å². The second-order valence-corrected chi connectivity index (χ2v) is 5.85. The molecule has 0 fully saturated rings. The van der Waals surface area contributed by atoms with Crippen LogP contribution in [0.4, 0.5) is 0 Å². The Morgan fingerprint density at radius 3 is 1.84 bits per heavy atom. The van der Waals surface area contributed by atoms with Crippen LogP contribution in [0.25, 0.3) is 0 Å². The van der Waals surface area contributed by atoms with Crippen LogP contribution in [0.3, 0.4) is 0 Å². The van der Waals surface area contributed by atoms with Crippen LogP contribution in [-0.4, -0.2) is 52.9 Å². The first-order chi connectivity index (χ1) is 8.77. The summed E-state index contributed by atoms with van der Waals surface area (Å²) in [6, 6.07) is 0. The maximum Gasteiger partial charge on any atom is 0.476 e. The number of hydrogen-bond donors (Lipinski definition) is 2. The molecule has 0 bridgehead atoms. The molecule has 2 N–H and O–H groups in total. The molecule has 0 heterocycles. The Balaban J connectivity index is 4.93. The number of phosphoric ester groups is 1. The number of aliphatic hydroxyl groups is 1. The number of halogens is 2. The van der Waals surface area contributed by atoms with Crippen molar-refractivity contribution in [1.82, 2.24) is 0 Å². The average molecular weight is 339 g/mol. The third-order valence-electron chi connectivity index (χ3n) is 1.75. The molecule has 0 aliphatic heterocycles. The van der Waals surface area contributed by atoms with Gasteiger partial charge in [0.2, 0.25) is 0 Å². The Morgan fingerprint density at radius 2 is 1.58 bits per heavy atom. The lowest BCUT2D eigenvalue weighted by Gasteiger charge is -2.25. The lowest BCUT2D eigenvalue weighted by Crippen LogP contribution is -2.29. The maximum atomic E-state index is 12.3. The molecule has 0 aliphatic carbocycles. The molecule has 0 saturated carbocycles. The SMILES string of the molecule is CC(CCl)OP(=O)(OC(C)CCl)OC(CO)C(=O)O. The molecule has 19 heavy (non-hydrogen) atoms. The smallest absolute Gasteiger partial charge is 0.476 e. The Hall–Kier alpha value is 0.120. The number of aliphatic carboxylic acids is 1. The molecule has 0 amide bonds. The van der Waals surface area contributed by atoms with Crippen molar-refractivity contribution < 1.29 is 33.1 Å². The van der Waals surface area contributed by atoms with Gasteiger partial charge in [-0.2, -0.15) is 0 Å². The zero-order chi connectivity index (χ0) is 15.1. The van der Waals surface area contributed by atoms with E-state index in [-0.39, 0.29) is 11.8 Å². The molecule has 3 atom stereocenters. The molecule has 0 radical (unpaired) electrons. The molecular weight excluding hydrogens is 322 g/mol. The normalized spacial score (nSPS) is 19.4. The highest BCUT2D eigenvalue weighted by Gasteiger charge is 2.37. The Bertz CT molecular complexity index is 312. The molecule has 0 saturated heterocycles. The van der Waals surface area contributed by atoms with Gasteiger partial charge in [0.15, 0.2) is 6.10 Å². The quantitative estimate of drug-likeness (QED) is 0.462. The summed E-state index contributed by atoms with van der Waals surface area (Å²) in [5.74, 6) is -1.49. The van der Waals surface area contributed by atoms with E-state index in [0.29, 0.717) is 0 Å². The number of carboxylic acids is 1. The minimum Gasteiger partial charge on any atom is -0.479 e. The van der Waals surface area contributed by atoms with E-state index in [1.54, 1.807) is 0 Å². The fourth-order valence-corrected chi connectivity index (χ4v) is 2.83. The summed E-state index contributed by atoms with van der Waals surface area (Å²) in [6.07, 6.45) is -3.11. The fourth-order valence-electron chi connectivity index (χ4n) is 0.884. The molecule has 10 heteroatoms. The van der Waals surface area contributed by atoms with Crippen LogP contribution in [0.1, 0.15) is 13.8 Å². The minimum absolute atomic E-state index is 0.00281. The number of carbonyl (C=O) groups is 1. The molecule has 0 aromatic rings. The van der Waals surface area contributed by atoms with Crippen molar-refractivity contribution in [2.45, 2.75) is 32.2 Å². The summed E-state index contributed by atoms with van der Waals surface area (Å²) in [7, 11) is -4.20. The lowest BCUT2D eigenvalue weighted by atomic mass is 10.4. The van der Waals surface area contributed by atoms with Crippen molar-refractivity contribution in [3.8, 4) is 0 Å². The van der Waals surface area contributed by atoms with E-state index >= 15 is 0 Å². The summed E-state index contributed by atoms with van der Waals surface area (Å²) >= 11 is 11.0. The summed E-state index contributed by atoms with van der Waals surface area (Å²) < 4.78 is 27.0. The lowest BCUT2D eigenvalue weighted by molar-refractivity contribution is -0.148. The van der Waals surface area contributed by atoms with E-state index in [1.807, 2.05) is 0 Å². The molecule has 0 aliphatic rings. The summed E-state index contributed by atoms with van der Waals surface area (Å²) in [5.41, 5.74) is 0. The van der Waals surface area contributed by atoms with Gasteiger partial charge in [0.05, 0.1) is 18.8 Å². The minimum atomic E-state index is -4.20. The second kappa shape index (κ2) is 9.13. The zero-order valence-corrected chi connectivity index (χ0v) is 12.9. The van der Waals surface area contributed by atoms with Gasteiger partial charge in [-0.25, -0.2) is 9.36 Å². The van der Waals surface area contributed by atoms with E-state index in [4.69, 9.17) is 47.0 Å². The largest absolute Gasteiger partial charge is 0.479 e. The van der Waals surface area contributed by atoms with Gasteiger partial charge in [-0.3, -0.25) is 13.6 Å². The van der Waals surface area contributed by atoms with Gasteiger partial charge < -0.3 is 10.2 Å². The first-order valence-corrected chi connectivity index (χ1v) is 7.91. The second-order valence-electron chi connectivity index (χ2n) is 3.70. The molecule has 0 rings (SSSR count). The predicted molar refractivity (Wildman–Crippen MR) is 69.7 cm³/mol. The highest BCUT2D eigenvalue weighted by Crippen LogP contribution is 2.52. The van der Waals surface area contributed by atoms with Crippen molar-refractivity contribution >= 4 is 37.0 Å². The third kappa shape index (κ3) is 7.46. The molecule has 0 aromatic heterocycles. The van der Waals surface area contributed by atoms with Gasteiger partial charge in [0, 0.05) is 11.8 Å². The number of phosphoric acid groups is 1. The molecule has 3 unspecified atom stereocenters. The zero-order valence-electron chi connectivity index (χ0n) is 10.5. The summed E-state index contributed by atoms with van der Waals surface area (Å²) in [4.78, 5) is 10.7. The van der Waals surface area contributed by atoms with Gasteiger partial charge in [-0.05, 0) is 13.8 Å². The maximum absolute atomic E-state index is 12.3. The topological polar surface area (TPSA) is 102 Å². The first-order valence-electron chi connectivity index (χ1n) is 5.38. The molecular formula is C9H17Cl2O7P. The average Bonchev–Trinajstić information content (AvgIpc) is 2.35. The molecule has 7 nitrogen and oxygen atoms in total. The molecule has 0 spiro atoms. The third-order valence-corrected chi connectivity index (χ3v) is 4.37. The van der Waals surface area contributed by atoms with Gasteiger partial charge in [0.25, 0.3) is 0 Å². The van der Waals surface area contributed by atoms with Crippen LogP contribution in [-0.2, 0) is 22.9 Å².